The van der Waals surface area contributed by atoms with Gasteiger partial charge in [-0.1, -0.05) is 0 Å². The smallest absolute Gasteiger partial charge is 0.356 e. The molecule has 2 aliphatic rings. The maximum atomic E-state index is 12.8. The van der Waals surface area contributed by atoms with E-state index in [4.69, 9.17) is 20.5 Å². The number of aliphatic hydroxyl groups excluding tert-OH is 10. The first-order chi connectivity index (χ1) is 23.5. The van der Waals surface area contributed by atoms with Crippen molar-refractivity contribution in [3.8, 4) is 0 Å². The molecule has 8 atom stereocenters. The Kier molecular flexibility index (Phi) is 15.7. The molecule has 2 saturated heterocycles. The maximum absolute atomic E-state index is 12.8. The van der Waals surface area contributed by atoms with Crippen LogP contribution in [-0.4, -0.2) is 221 Å². The first kappa shape index (κ1) is 41.9. The second-order valence-corrected chi connectivity index (χ2v) is 11.1. The highest BCUT2D eigenvalue weighted by molar-refractivity contribution is 5.93. The third kappa shape index (κ3) is 9.71. The van der Waals surface area contributed by atoms with Crippen LogP contribution in [-0.2, 0) is 28.9 Å². The number of amides is 2. The summed E-state index contributed by atoms with van der Waals surface area (Å²) >= 11 is 0. The minimum atomic E-state index is -1.76. The van der Waals surface area contributed by atoms with Gasteiger partial charge in [0.2, 0.25) is 23.7 Å². The number of likely N-dealkylation sites (tertiary alicyclic amines) is 2. The number of hydrogen-bond acceptors (Lipinski definition) is 18. The topological polar surface area (TPSA) is 374 Å². The van der Waals surface area contributed by atoms with Crippen LogP contribution in [0.3, 0.4) is 0 Å². The number of carbonyl (C=O) groups is 4. The molecule has 0 saturated carbocycles. The highest BCUT2D eigenvalue weighted by Crippen LogP contribution is 2.26. The van der Waals surface area contributed by atoms with E-state index in [1.807, 2.05) is 0 Å². The van der Waals surface area contributed by atoms with Crippen molar-refractivity contribution >= 4 is 35.7 Å². The molecular weight excluding hydrogens is 680 g/mol. The Balaban J connectivity index is 1.85. The largest absolute Gasteiger partial charge is 0.394 e. The van der Waals surface area contributed by atoms with E-state index < -0.39 is 136 Å². The maximum Gasteiger partial charge on any atom is 0.356 e. The normalized spacial score (nSPS) is 29.6. The first-order valence-corrected chi connectivity index (χ1v) is 14.9. The van der Waals surface area contributed by atoms with Crippen LogP contribution < -0.4 is 10.6 Å². The molecule has 0 unspecified atom stereocenters. The zero-order chi connectivity index (χ0) is 38.0. The van der Waals surface area contributed by atoms with Gasteiger partial charge in [0, 0.05) is 26.2 Å². The van der Waals surface area contributed by atoms with Crippen molar-refractivity contribution < 1.29 is 79.9 Å². The molecule has 50 heavy (non-hydrogen) atoms. The fourth-order valence-electron chi connectivity index (χ4n) is 5.27. The Morgan fingerprint density at radius 1 is 0.580 bits per heavy atom. The summed E-state index contributed by atoms with van der Waals surface area (Å²) in [5.41, 5.74) is 0. The molecule has 2 amide bonds. The number of nitrogens with zero attached hydrogens (tertiary/aromatic N) is 4. The molecule has 2 fully saturated rings. The van der Waals surface area contributed by atoms with Gasteiger partial charge in [-0.15, -0.1) is 0 Å². The summed E-state index contributed by atoms with van der Waals surface area (Å²) in [6.45, 7) is -4.74. The molecule has 2 rings (SSSR count). The summed E-state index contributed by atoms with van der Waals surface area (Å²) in [6, 6.07) is -5.57. The quantitative estimate of drug-likeness (QED) is 0.0430. The number of carbonyl (C=O) groups excluding carboxylic acids is 4. The van der Waals surface area contributed by atoms with Gasteiger partial charge in [-0.05, 0) is 0 Å². The monoisotopic (exact) mass is 724 g/mol. The zero-order valence-corrected chi connectivity index (χ0v) is 26.9. The van der Waals surface area contributed by atoms with Crippen LogP contribution >= 0.6 is 0 Å². The van der Waals surface area contributed by atoms with Gasteiger partial charge in [0.25, 0.3) is 0 Å². The molecule has 0 aromatic carbocycles. The molecule has 2 aliphatic heterocycles. The SMILES string of the molecule is CN(OC(=O)/C=C/C(=O)ON(C)C(=N)NCC(=O)N1[C@H](CO)[C@@H](O)C(O)[C@H](O)[C@H]1CO)C(=N)NCC(=O)N1[C@H](CO)[C@@H](O)C(O)[C@H](O)[C@H]1CO. The number of guanidine groups is 2. The number of nitrogens with one attached hydrogen (secondary N) is 4. The molecule has 284 valence electrons. The second-order valence-electron chi connectivity index (χ2n) is 11.1. The predicted octanol–water partition coefficient (Wildman–Crippen LogP) is -9.34. The summed E-state index contributed by atoms with van der Waals surface area (Å²) in [6.07, 6.45) is -9.34. The third-order valence-corrected chi connectivity index (χ3v) is 7.98. The van der Waals surface area contributed by atoms with Crippen molar-refractivity contribution in [2.45, 2.75) is 60.8 Å². The lowest BCUT2D eigenvalue weighted by molar-refractivity contribution is -0.187. The van der Waals surface area contributed by atoms with E-state index in [0.717, 1.165) is 23.9 Å². The molecule has 0 bridgehead atoms. The third-order valence-electron chi connectivity index (χ3n) is 7.98. The second kappa shape index (κ2) is 18.7. The molecule has 24 heteroatoms. The van der Waals surface area contributed by atoms with Gasteiger partial charge in [-0.2, -0.15) is 10.1 Å². The molecule has 0 aliphatic carbocycles. The van der Waals surface area contributed by atoms with E-state index in [-0.39, 0.29) is 0 Å². The highest BCUT2D eigenvalue weighted by Gasteiger charge is 2.50. The number of hydroxylamine groups is 4. The number of piperidine rings is 2. The molecule has 0 spiro atoms. The first-order valence-electron chi connectivity index (χ1n) is 14.9. The van der Waals surface area contributed by atoms with Gasteiger partial charge < -0.3 is 81.2 Å². The van der Waals surface area contributed by atoms with Crippen LogP contribution in [0.25, 0.3) is 0 Å². The average molecular weight is 725 g/mol. The summed E-state index contributed by atoms with van der Waals surface area (Å²) in [7, 11) is 2.14. The highest BCUT2D eigenvalue weighted by atomic mass is 16.7. The lowest BCUT2D eigenvalue weighted by Gasteiger charge is -2.48. The van der Waals surface area contributed by atoms with Crippen molar-refractivity contribution in [2.24, 2.45) is 0 Å². The zero-order valence-electron chi connectivity index (χ0n) is 26.9. The Morgan fingerprint density at radius 2 is 0.840 bits per heavy atom. The van der Waals surface area contributed by atoms with E-state index in [1.54, 1.807) is 0 Å². The van der Waals surface area contributed by atoms with Crippen LogP contribution in [0.2, 0.25) is 0 Å². The summed E-state index contributed by atoms with van der Waals surface area (Å²) in [4.78, 5) is 61.0. The number of rotatable bonds is 10. The molecule has 14 N–H and O–H groups in total. The standard InChI is InChI=1S/C26H44N8O16/c1-31(25(27)29-5-15(39)33-11(7-35)19(43)23(47)20(44)12(33)8-36)49-17(41)3-4-18(42)50-32(2)26(28)30-6-16(40)34-13(9-37)21(45)24(48)22(46)14(34)10-38/h3-4,11-14,19-24,35-38,43-48H,5-10H2,1-2H3,(H2,27,29)(H2,28,30)/b4-3+/t11-,12-,13-,14-,19-,20-,21-,22-/m1/s1. The Hall–Kier alpha value is -4.24. The van der Waals surface area contributed by atoms with Gasteiger partial charge >= 0.3 is 11.9 Å². The lowest BCUT2D eigenvalue weighted by atomic mass is 9.88. The van der Waals surface area contributed by atoms with Crippen LogP contribution in [0.15, 0.2) is 12.2 Å². The van der Waals surface area contributed by atoms with E-state index in [1.165, 1.54) is 0 Å². The molecule has 0 aromatic rings. The van der Waals surface area contributed by atoms with Crippen molar-refractivity contribution in [1.82, 2.24) is 30.6 Å². The van der Waals surface area contributed by atoms with Crippen molar-refractivity contribution in [1.29, 1.82) is 10.8 Å². The fraction of sp³-hybridized carbons (Fsp3) is 0.692. The summed E-state index contributed by atoms with van der Waals surface area (Å²) < 4.78 is 0. The minimum Gasteiger partial charge on any atom is -0.394 e. The average Bonchev–Trinajstić information content (AvgIpc) is 3.09. The van der Waals surface area contributed by atoms with E-state index in [2.05, 4.69) is 10.6 Å². The molecular formula is C26H44N8O16. The van der Waals surface area contributed by atoms with Crippen LogP contribution in [0.5, 0.6) is 0 Å². The van der Waals surface area contributed by atoms with Gasteiger partial charge in [-0.25, -0.2) is 9.59 Å². The summed E-state index contributed by atoms with van der Waals surface area (Å²) in [5.74, 6) is -5.60. The van der Waals surface area contributed by atoms with Crippen molar-refractivity contribution in [3.63, 3.8) is 0 Å². The number of hydrogen-bond donors (Lipinski definition) is 14. The Labute approximate surface area is 283 Å². The van der Waals surface area contributed by atoms with E-state index in [0.29, 0.717) is 22.3 Å². The molecule has 0 aromatic heterocycles. The molecule has 2 heterocycles. The van der Waals surface area contributed by atoms with Gasteiger partial charge in [0.1, 0.15) is 36.6 Å². The fourth-order valence-corrected chi connectivity index (χ4v) is 5.27. The van der Waals surface area contributed by atoms with E-state index in [9.17, 15) is 70.2 Å². The Morgan fingerprint density at radius 3 is 1.08 bits per heavy atom. The van der Waals surface area contributed by atoms with Gasteiger partial charge in [0.05, 0.1) is 63.7 Å². The van der Waals surface area contributed by atoms with E-state index >= 15 is 0 Å². The summed E-state index contributed by atoms with van der Waals surface area (Å²) in [5, 5.41) is 120. The molecule has 0 radical (unpaired) electrons. The minimum absolute atomic E-state index is 0.550. The van der Waals surface area contributed by atoms with Crippen LogP contribution in [0.4, 0.5) is 0 Å². The van der Waals surface area contributed by atoms with Crippen molar-refractivity contribution in [3.05, 3.63) is 12.2 Å². The lowest BCUT2D eigenvalue weighted by Crippen LogP contribution is -2.70. The van der Waals surface area contributed by atoms with Gasteiger partial charge in [-0.3, -0.25) is 20.4 Å². The predicted molar refractivity (Wildman–Crippen MR) is 162 cm³/mol. The number of aliphatic hydroxyl groups is 10. The van der Waals surface area contributed by atoms with Crippen LogP contribution in [0, 0.1) is 10.8 Å². The van der Waals surface area contributed by atoms with Crippen molar-refractivity contribution in [2.75, 3.05) is 53.6 Å². The molecule has 24 nitrogen and oxygen atoms in total. The Bertz CT molecular complexity index is 1130. The van der Waals surface area contributed by atoms with Crippen LogP contribution in [0.1, 0.15) is 0 Å². The van der Waals surface area contributed by atoms with Gasteiger partial charge in [0.15, 0.2) is 0 Å².